The monoisotopic (exact) mass is 377 g/mol. The van der Waals surface area contributed by atoms with Gasteiger partial charge in [-0.05, 0) is 42.5 Å². The van der Waals surface area contributed by atoms with Gasteiger partial charge < -0.3 is 15.5 Å². The topological polar surface area (TPSA) is 66.6 Å². The number of rotatable bonds is 3. The Morgan fingerprint density at radius 3 is 2.04 bits per heavy atom. The number of amides is 2. The highest BCUT2D eigenvalue weighted by Gasteiger charge is 2.31. The molecule has 3 rings (SSSR count). The molecule has 2 aromatic carbocycles. The van der Waals surface area contributed by atoms with Crippen LogP contribution in [0.4, 0.5) is 18.9 Å². The maximum atomic E-state index is 12.9. The number of hydrogen-bond donors (Lipinski definition) is 1. The van der Waals surface area contributed by atoms with Gasteiger partial charge >= 0.3 is 6.18 Å². The summed E-state index contributed by atoms with van der Waals surface area (Å²) in [7, 11) is 0. The van der Waals surface area contributed by atoms with Crippen LogP contribution in [-0.2, 0) is 6.18 Å². The van der Waals surface area contributed by atoms with Gasteiger partial charge in [-0.2, -0.15) is 13.2 Å². The molecule has 1 aliphatic rings. The number of nitrogens with zero attached hydrogens (tertiary/aromatic N) is 2. The standard InChI is InChI=1S/C19H18F3N3O2/c20-19(21,22)15-2-1-3-16(12-15)24-8-10-25(11-9-24)18(27)14-6-4-13(5-7-14)17(23)26/h1-7,12H,8-11H2,(H2,23,26). The maximum Gasteiger partial charge on any atom is 0.416 e. The number of alkyl halides is 3. The van der Waals surface area contributed by atoms with E-state index in [1.54, 1.807) is 23.1 Å². The molecule has 8 heteroatoms. The van der Waals surface area contributed by atoms with Crippen LogP contribution in [-0.4, -0.2) is 42.9 Å². The third kappa shape index (κ3) is 4.21. The molecule has 1 aliphatic heterocycles. The van der Waals surface area contributed by atoms with Crippen LogP contribution in [0.5, 0.6) is 0 Å². The normalized spacial score (nSPS) is 14.9. The minimum absolute atomic E-state index is 0.185. The minimum Gasteiger partial charge on any atom is -0.368 e. The maximum absolute atomic E-state index is 12.9. The van der Waals surface area contributed by atoms with Crippen molar-refractivity contribution >= 4 is 17.5 Å². The van der Waals surface area contributed by atoms with E-state index in [1.807, 2.05) is 4.90 Å². The summed E-state index contributed by atoms with van der Waals surface area (Å²) in [6, 6.07) is 11.3. The number of nitrogens with two attached hydrogens (primary N) is 1. The minimum atomic E-state index is -4.38. The molecule has 0 aliphatic carbocycles. The molecule has 142 valence electrons. The van der Waals surface area contributed by atoms with Gasteiger partial charge in [0.25, 0.3) is 5.91 Å². The second-order valence-electron chi connectivity index (χ2n) is 6.27. The van der Waals surface area contributed by atoms with Crippen molar-refractivity contribution in [3.63, 3.8) is 0 Å². The highest BCUT2D eigenvalue weighted by Crippen LogP contribution is 2.31. The van der Waals surface area contributed by atoms with Crippen LogP contribution in [0.2, 0.25) is 0 Å². The molecule has 0 atom stereocenters. The second kappa shape index (κ2) is 7.30. The molecule has 1 heterocycles. The van der Waals surface area contributed by atoms with Crippen LogP contribution >= 0.6 is 0 Å². The van der Waals surface area contributed by atoms with Crippen LogP contribution in [0.15, 0.2) is 48.5 Å². The second-order valence-corrected chi connectivity index (χ2v) is 6.27. The number of anilines is 1. The molecule has 0 spiro atoms. The van der Waals surface area contributed by atoms with Crippen LogP contribution in [0, 0.1) is 0 Å². The van der Waals surface area contributed by atoms with Crippen molar-refractivity contribution in [2.24, 2.45) is 5.73 Å². The Bertz CT molecular complexity index is 842. The molecule has 0 aromatic heterocycles. The molecule has 2 N–H and O–H groups in total. The summed E-state index contributed by atoms with van der Waals surface area (Å²) >= 11 is 0. The van der Waals surface area contributed by atoms with Gasteiger partial charge in [-0.15, -0.1) is 0 Å². The number of carbonyl (C=O) groups is 2. The molecular weight excluding hydrogens is 359 g/mol. The SMILES string of the molecule is NC(=O)c1ccc(C(=O)N2CCN(c3cccc(C(F)(F)F)c3)CC2)cc1. The lowest BCUT2D eigenvalue weighted by atomic mass is 10.1. The Labute approximate surface area is 154 Å². The highest BCUT2D eigenvalue weighted by molar-refractivity contribution is 5.97. The van der Waals surface area contributed by atoms with E-state index in [0.717, 1.165) is 12.1 Å². The zero-order valence-corrected chi connectivity index (χ0v) is 14.4. The lowest BCUT2D eigenvalue weighted by Crippen LogP contribution is -2.48. The van der Waals surface area contributed by atoms with Gasteiger partial charge in [-0.1, -0.05) is 6.07 Å². The summed E-state index contributed by atoms with van der Waals surface area (Å²) in [5.41, 5.74) is 5.74. The van der Waals surface area contributed by atoms with Crippen molar-refractivity contribution in [2.75, 3.05) is 31.1 Å². The predicted molar refractivity (Wildman–Crippen MR) is 94.5 cm³/mol. The fourth-order valence-corrected chi connectivity index (χ4v) is 3.01. The highest BCUT2D eigenvalue weighted by atomic mass is 19.4. The Hall–Kier alpha value is -3.03. The van der Waals surface area contributed by atoms with E-state index in [1.165, 1.54) is 18.2 Å². The van der Waals surface area contributed by atoms with Crippen molar-refractivity contribution in [3.05, 3.63) is 65.2 Å². The molecule has 5 nitrogen and oxygen atoms in total. The Morgan fingerprint density at radius 2 is 1.48 bits per heavy atom. The molecular formula is C19H18F3N3O2. The quantitative estimate of drug-likeness (QED) is 0.895. The molecule has 27 heavy (non-hydrogen) atoms. The van der Waals surface area contributed by atoms with Gasteiger partial charge in [0.15, 0.2) is 0 Å². The van der Waals surface area contributed by atoms with Gasteiger partial charge in [0.2, 0.25) is 5.91 Å². The summed E-state index contributed by atoms with van der Waals surface area (Å²) in [6.07, 6.45) is -4.38. The summed E-state index contributed by atoms with van der Waals surface area (Å²) in [5.74, 6) is -0.751. The van der Waals surface area contributed by atoms with Gasteiger partial charge in [0, 0.05) is 43.0 Å². The zero-order valence-electron chi connectivity index (χ0n) is 14.4. The van der Waals surface area contributed by atoms with Gasteiger partial charge in [0.1, 0.15) is 0 Å². The average Bonchev–Trinajstić information content (AvgIpc) is 2.67. The summed E-state index contributed by atoms with van der Waals surface area (Å²) in [4.78, 5) is 27.1. The first-order valence-electron chi connectivity index (χ1n) is 8.37. The summed E-state index contributed by atoms with van der Waals surface area (Å²) in [6.45, 7) is 1.66. The number of halogens is 3. The van der Waals surface area contributed by atoms with Crippen molar-refractivity contribution in [3.8, 4) is 0 Å². The van der Waals surface area contributed by atoms with E-state index in [0.29, 0.717) is 43.0 Å². The first kappa shape index (κ1) is 18.8. The van der Waals surface area contributed by atoms with Crippen LogP contribution in [0.3, 0.4) is 0 Å². The smallest absolute Gasteiger partial charge is 0.368 e. The fraction of sp³-hybridized carbons (Fsp3) is 0.263. The first-order valence-corrected chi connectivity index (χ1v) is 8.37. The van der Waals surface area contributed by atoms with Crippen LogP contribution < -0.4 is 10.6 Å². The van der Waals surface area contributed by atoms with Crippen molar-refractivity contribution < 1.29 is 22.8 Å². The van der Waals surface area contributed by atoms with Crippen molar-refractivity contribution in [2.45, 2.75) is 6.18 Å². The molecule has 0 unspecified atom stereocenters. The van der Waals surface area contributed by atoms with E-state index >= 15 is 0 Å². The van der Waals surface area contributed by atoms with Gasteiger partial charge in [-0.3, -0.25) is 9.59 Å². The zero-order chi connectivity index (χ0) is 19.6. The molecule has 0 bridgehead atoms. The molecule has 2 aromatic rings. The molecule has 1 saturated heterocycles. The molecule has 1 fully saturated rings. The predicted octanol–water partition coefficient (Wildman–Crippen LogP) is 2.77. The molecule has 2 amide bonds. The van der Waals surface area contributed by atoms with Gasteiger partial charge in [-0.25, -0.2) is 0 Å². The fourth-order valence-electron chi connectivity index (χ4n) is 3.01. The van der Waals surface area contributed by atoms with E-state index in [-0.39, 0.29) is 5.91 Å². The number of primary amides is 1. The number of piperazine rings is 1. The lowest BCUT2D eigenvalue weighted by Gasteiger charge is -2.36. The van der Waals surface area contributed by atoms with Crippen LogP contribution in [0.1, 0.15) is 26.3 Å². The Morgan fingerprint density at radius 1 is 0.889 bits per heavy atom. The number of hydrogen-bond acceptors (Lipinski definition) is 3. The average molecular weight is 377 g/mol. The number of benzene rings is 2. The van der Waals surface area contributed by atoms with Crippen molar-refractivity contribution in [1.82, 2.24) is 4.90 Å². The van der Waals surface area contributed by atoms with E-state index in [2.05, 4.69) is 0 Å². The van der Waals surface area contributed by atoms with Crippen molar-refractivity contribution in [1.29, 1.82) is 0 Å². The lowest BCUT2D eigenvalue weighted by molar-refractivity contribution is -0.137. The third-order valence-electron chi connectivity index (χ3n) is 4.52. The van der Waals surface area contributed by atoms with E-state index < -0.39 is 17.6 Å². The summed E-state index contributed by atoms with van der Waals surface area (Å²) in [5, 5.41) is 0. The van der Waals surface area contributed by atoms with Gasteiger partial charge in [0.05, 0.1) is 5.56 Å². The van der Waals surface area contributed by atoms with Crippen LogP contribution in [0.25, 0.3) is 0 Å². The first-order chi connectivity index (χ1) is 12.8. The molecule has 0 saturated carbocycles. The molecule has 0 radical (unpaired) electrons. The van der Waals surface area contributed by atoms with E-state index in [9.17, 15) is 22.8 Å². The third-order valence-corrected chi connectivity index (χ3v) is 4.52. The van der Waals surface area contributed by atoms with E-state index in [4.69, 9.17) is 5.73 Å². The summed E-state index contributed by atoms with van der Waals surface area (Å²) < 4.78 is 38.6. The number of carbonyl (C=O) groups excluding carboxylic acids is 2. The Kier molecular flexibility index (Phi) is 5.07. The largest absolute Gasteiger partial charge is 0.416 e. The Balaban J connectivity index is 1.65.